The second-order valence-electron chi connectivity index (χ2n) is 4.68. The van der Waals surface area contributed by atoms with Gasteiger partial charge in [0.2, 0.25) is 0 Å². The summed E-state index contributed by atoms with van der Waals surface area (Å²) >= 11 is 7.73. The highest BCUT2D eigenvalue weighted by Crippen LogP contribution is 2.19. The van der Waals surface area contributed by atoms with E-state index in [1.165, 1.54) is 5.56 Å². The summed E-state index contributed by atoms with van der Waals surface area (Å²) in [6.45, 7) is 5.20. The van der Waals surface area contributed by atoms with Gasteiger partial charge in [0.15, 0.2) is 0 Å². The summed E-state index contributed by atoms with van der Waals surface area (Å²) in [7, 11) is 0. The number of thioether (sulfide) groups is 1. The predicted molar refractivity (Wildman–Crippen MR) is 81.4 cm³/mol. The van der Waals surface area contributed by atoms with Crippen molar-refractivity contribution in [2.24, 2.45) is 0 Å². The van der Waals surface area contributed by atoms with Crippen LogP contribution >= 0.6 is 23.4 Å². The molecule has 0 amide bonds. The smallest absolute Gasteiger partial charge is 0.0610 e. The van der Waals surface area contributed by atoms with Crippen molar-refractivity contribution in [3.8, 4) is 0 Å². The van der Waals surface area contributed by atoms with Gasteiger partial charge in [-0.3, -0.25) is 0 Å². The van der Waals surface area contributed by atoms with Crippen molar-refractivity contribution in [2.45, 2.75) is 31.6 Å². The molecule has 0 aliphatic carbocycles. The number of aliphatic hydroxyl groups is 1. The topological polar surface area (TPSA) is 32.3 Å². The largest absolute Gasteiger partial charge is 0.394 e. The molecule has 0 aliphatic rings. The van der Waals surface area contributed by atoms with E-state index in [0.29, 0.717) is 0 Å². The zero-order chi connectivity index (χ0) is 13.4. The van der Waals surface area contributed by atoms with Crippen molar-refractivity contribution in [2.75, 3.05) is 18.9 Å². The van der Waals surface area contributed by atoms with Gasteiger partial charge in [-0.15, -0.1) is 0 Å². The Bertz CT molecular complexity index is 344. The predicted octanol–water partition coefficient (Wildman–Crippen LogP) is 3.32. The maximum absolute atomic E-state index is 9.38. The molecule has 0 saturated heterocycles. The maximum Gasteiger partial charge on any atom is 0.0610 e. The van der Waals surface area contributed by atoms with Gasteiger partial charge in [0, 0.05) is 16.3 Å². The summed E-state index contributed by atoms with van der Waals surface area (Å²) in [5.41, 5.74) is 1.14. The average molecular weight is 288 g/mol. The Kier molecular flexibility index (Phi) is 7.08. The molecule has 0 spiro atoms. The zero-order valence-corrected chi connectivity index (χ0v) is 12.7. The van der Waals surface area contributed by atoms with E-state index in [2.05, 4.69) is 31.3 Å². The Morgan fingerprint density at radius 3 is 2.56 bits per heavy atom. The minimum absolute atomic E-state index is 0.151. The first-order valence-electron chi connectivity index (χ1n) is 6.28. The molecule has 18 heavy (non-hydrogen) atoms. The van der Waals surface area contributed by atoms with E-state index in [9.17, 15) is 5.11 Å². The second kappa shape index (κ2) is 8.05. The molecular formula is C14H22ClNOS. The number of likely N-dealkylation sites (N-methyl/N-ethyl adjacent to an activating group) is 1. The fourth-order valence-corrected chi connectivity index (χ4v) is 3.01. The van der Waals surface area contributed by atoms with Crippen LogP contribution in [0.2, 0.25) is 5.02 Å². The van der Waals surface area contributed by atoms with E-state index in [-0.39, 0.29) is 12.1 Å². The summed E-state index contributed by atoms with van der Waals surface area (Å²) in [6, 6.07) is 7.97. The third-order valence-corrected chi connectivity index (χ3v) is 4.21. The molecule has 102 valence electrons. The van der Waals surface area contributed by atoms with Gasteiger partial charge in [-0.05, 0) is 43.3 Å². The Hall–Kier alpha value is -0.220. The molecule has 0 saturated carbocycles. The highest BCUT2D eigenvalue weighted by atomic mass is 35.5. The Labute approximate surface area is 119 Å². The molecule has 2 nitrogen and oxygen atoms in total. The SMILES string of the molecule is CCNC(C)(CO)CCSCc1ccc(Cl)cc1. The van der Waals surface area contributed by atoms with Crippen LogP contribution in [0.1, 0.15) is 25.8 Å². The first kappa shape index (κ1) is 15.8. The van der Waals surface area contributed by atoms with E-state index in [1.54, 1.807) is 0 Å². The molecule has 2 N–H and O–H groups in total. The number of hydrogen-bond donors (Lipinski definition) is 2. The molecule has 4 heteroatoms. The standard InChI is InChI=1S/C14H22ClNOS/c1-3-16-14(2,11-17)8-9-18-10-12-4-6-13(15)7-5-12/h4-7,16-17H,3,8-11H2,1-2H3. The fraction of sp³-hybridized carbons (Fsp3) is 0.571. The molecule has 0 heterocycles. The van der Waals surface area contributed by atoms with Crippen molar-refractivity contribution in [1.29, 1.82) is 0 Å². The highest BCUT2D eigenvalue weighted by molar-refractivity contribution is 7.98. The number of aliphatic hydroxyl groups excluding tert-OH is 1. The first-order chi connectivity index (χ1) is 8.59. The Morgan fingerprint density at radius 2 is 2.00 bits per heavy atom. The Morgan fingerprint density at radius 1 is 1.33 bits per heavy atom. The number of rotatable bonds is 8. The second-order valence-corrected chi connectivity index (χ2v) is 6.22. The first-order valence-corrected chi connectivity index (χ1v) is 7.81. The number of hydrogen-bond acceptors (Lipinski definition) is 3. The lowest BCUT2D eigenvalue weighted by molar-refractivity contribution is 0.173. The summed E-state index contributed by atoms with van der Waals surface area (Å²) in [5.74, 6) is 2.03. The molecule has 0 radical (unpaired) electrons. The van der Waals surface area contributed by atoms with Crippen LogP contribution in [0.25, 0.3) is 0 Å². The van der Waals surface area contributed by atoms with Crippen molar-refractivity contribution < 1.29 is 5.11 Å². The van der Waals surface area contributed by atoms with Gasteiger partial charge in [-0.25, -0.2) is 0 Å². The van der Waals surface area contributed by atoms with Crippen LogP contribution in [0.5, 0.6) is 0 Å². The third-order valence-electron chi connectivity index (χ3n) is 2.93. The van der Waals surface area contributed by atoms with Crippen LogP contribution in [0, 0.1) is 0 Å². The van der Waals surface area contributed by atoms with E-state index >= 15 is 0 Å². The van der Waals surface area contributed by atoms with E-state index < -0.39 is 0 Å². The van der Waals surface area contributed by atoms with Gasteiger partial charge in [0.25, 0.3) is 0 Å². The molecular weight excluding hydrogens is 266 g/mol. The van der Waals surface area contributed by atoms with Crippen LogP contribution in [0.15, 0.2) is 24.3 Å². The van der Waals surface area contributed by atoms with E-state index in [4.69, 9.17) is 11.6 Å². The lowest BCUT2D eigenvalue weighted by Gasteiger charge is -2.28. The third kappa shape index (κ3) is 5.61. The van der Waals surface area contributed by atoms with Crippen LogP contribution in [0.4, 0.5) is 0 Å². The van der Waals surface area contributed by atoms with E-state index in [1.807, 2.05) is 23.9 Å². The molecule has 1 aromatic rings. The summed E-state index contributed by atoms with van der Waals surface area (Å²) in [5, 5.41) is 13.5. The quantitative estimate of drug-likeness (QED) is 0.720. The van der Waals surface area contributed by atoms with Crippen LogP contribution in [-0.2, 0) is 5.75 Å². The number of nitrogens with one attached hydrogen (secondary N) is 1. The average Bonchev–Trinajstić information content (AvgIpc) is 2.37. The summed E-state index contributed by atoms with van der Waals surface area (Å²) in [6.07, 6.45) is 0.968. The maximum atomic E-state index is 9.38. The fourth-order valence-electron chi connectivity index (χ4n) is 1.72. The van der Waals surface area contributed by atoms with Crippen molar-refractivity contribution in [3.05, 3.63) is 34.9 Å². The van der Waals surface area contributed by atoms with Gasteiger partial charge in [0.05, 0.1) is 6.61 Å². The highest BCUT2D eigenvalue weighted by Gasteiger charge is 2.20. The van der Waals surface area contributed by atoms with E-state index in [0.717, 1.165) is 29.5 Å². The van der Waals surface area contributed by atoms with Gasteiger partial charge in [-0.1, -0.05) is 30.7 Å². The normalized spacial score (nSPS) is 14.4. The van der Waals surface area contributed by atoms with Gasteiger partial charge >= 0.3 is 0 Å². The van der Waals surface area contributed by atoms with Crippen molar-refractivity contribution in [3.63, 3.8) is 0 Å². The molecule has 0 bridgehead atoms. The van der Waals surface area contributed by atoms with Crippen molar-refractivity contribution in [1.82, 2.24) is 5.32 Å². The number of halogens is 1. The molecule has 1 atom stereocenters. The lowest BCUT2D eigenvalue weighted by Crippen LogP contribution is -2.46. The zero-order valence-electron chi connectivity index (χ0n) is 11.1. The lowest BCUT2D eigenvalue weighted by atomic mass is 10.0. The molecule has 1 unspecified atom stereocenters. The number of benzene rings is 1. The Balaban J connectivity index is 2.27. The summed E-state index contributed by atoms with van der Waals surface area (Å²) in [4.78, 5) is 0. The van der Waals surface area contributed by atoms with Crippen LogP contribution < -0.4 is 5.32 Å². The molecule has 1 aromatic carbocycles. The van der Waals surface area contributed by atoms with Crippen molar-refractivity contribution >= 4 is 23.4 Å². The minimum Gasteiger partial charge on any atom is -0.394 e. The monoisotopic (exact) mass is 287 g/mol. The van der Waals surface area contributed by atoms with Gasteiger partial charge in [-0.2, -0.15) is 11.8 Å². The molecule has 1 rings (SSSR count). The molecule has 0 aromatic heterocycles. The van der Waals surface area contributed by atoms with Crippen LogP contribution in [0.3, 0.4) is 0 Å². The van der Waals surface area contributed by atoms with Crippen LogP contribution in [-0.4, -0.2) is 29.5 Å². The van der Waals surface area contributed by atoms with Gasteiger partial charge < -0.3 is 10.4 Å². The molecule has 0 aliphatic heterocycles. The molecule has 0 fully saturated rings. The van der Waals surface area contributed by atoms with Gasteiger partial charge in [0.1, 0.15) is 0 Å². The summed E-state index contributed by atoms with van der Waals surface area (Å²) < 4.78 is 0. The minimum atomic E-state index is -0.151.